The van der Waals surface area contributed by atoms with Crippen LogP contribution in [0.4, 0.5) is 22.0 Å². The summed E-state index contributed by atoms with van der Waals surface area (Å²) >= 11 is 2.06. The Morgan fingerprint density at radius 3 is 1.51 bits per heavy atom. The Morgan fingerprint density at radius 1 is 0.529 bits per heavy atom. The first-order valence-electron chi connectivity index (χ1n) is 16.6. The monoisotopic (exact) mass is 808 g/mol. The molecule has 7 rings (SSSR count). The Bertz CT molecular complexity index is 2140. The van der Waals surface area contributed by atoms with Gasteiger partial charge in [0.2, 0.25) is 0 Å². The van der Waals surface area contributed by atoms with Crippen LogP contribution in [0.5, 0.6) is 0 Å². The van der Waals surface area contributed by atoms with Gasteiger partial charge in [-0.3, -0.25) is 14.4 Å². The van der Waals surface area contributed by atoms with Crippen LogP contribution in [-0.2, 0) is 19.3 Å². The number of hydrogen-bond donors (Lipinski definition) is 0. The number of carbonyl (C=O) groups excluding carboxylic acids is 3. The van der Waals surface area contributed by atoms with Crippen LogP contribution in [0, 0.1) is 29.1 Å². The molecule has 0 amide bonds. The zero-order valence-corrected chi connectivity index (χ0v) is 30.4. The lowest BCUT2D eigenvalue weighted by Gasteiger charge is -2.22. The second kappa shape index (κ2) is 16.2. The van der Waals surface area contributed by atoms with Gasteiger partial charge in [-0.15, -0.1) is 0 Å². The molecule has 0 aliphatic heterocycles. The molecule has 0 radical (unpaired) electrons. The van der Waals surface area contributed by atoms with Gasteiger partial charge in [-0.05, 0) is 144 Å². The highest BCUT2D eigenvalue weighted by Gasteiger charge is 2.27. The molecule has 3 aliphatic rings. The normalized spacial score (nSPS) is 14.8. The van der Waals surface area contributed by atoms with E-state index < -0.39 is 17.5 Å². The van der Waals surface area contributed by atoms with Crippen LogP contribution in [-0.4, -0.2) is 17.3 Å². The summed E-state index contributed by atoms with van der Waals surface area (Å²) in [5.41, 5.74) is 7.48. The van der Waals surface area contributed by atoms with Gasteiger partial charge in [-0.1, -0.05) is 50.1 Å². The summed E-state index contributed by atoms with van der Waals surface area (Å²) < 4.78 is 67.0. The largest absolute Gasteiger partial charge is 0.289 e. The molecule has 0 bridgehead atoms. The van der Waals surface area contributed by atoms with E-state index in [1.807, 2.05) is 20.8 Å². The van der Waals surface area contributed by atoms with E-state index in [2.05, 4.69) is 22.6 Å². The lowest BCUT2D eigenvalue weighted by molar-refractivity contribution is 0.103. The van der Waals surface area contributed by atoms with Gasteiger partial charge >= 0.3 is 0 Å². The van der Waals surface area contributed by atoms with E-state index in [1.165, 1.54) is 36.4 Å². The van der Waals surface area contributed by atoms with E-state index >= 15 is 0 Å². The van der Waals surface area contributed by atoms with Gasteiger partial charge in [0.25, 0.3) is 0 Å². The van der Waals surface area contributed by atoms with E-state index in [0.29, 0.717) is 24.0 Å². The number of fused-ring (bicyclic) bond motifs is 3. The third-order valence-corrected chi connectivity index (χ3v) is 10.3. The molecule has 262 valence electrons. The van der Waals surface area contributed by atoms with Crippen molar-refractivity contribution in [3.05, 3.63) is 167 Å². The minimum absolute atomic E-state index is 0.0341. The summed E-state index contributed by atoms with van der Waals surface area (Å²) in [7, 11) is 0. The van der Waals surface area contributed by atoms with E-state index in [4.69, 9.17) is 0 Å². The fraction of sp³-hybridized carbons (Fsp3) is 0.214. The van der Waals surface area contributed by atoms with Crippen molar-refractivity contribution in [3.63, 3.8) is 0 Å². The molecule has 0 atom stereocenters. The first-order chi connectivity index (χ1) is 24.3. The van der Waals surface area contributed by atoms with Crippen molar-refractivity contribution >= 4 is 45.5 Å². The van der Waals surface area contributed by atoms with Gasteiger partial charge in [0.05, 0.1) is 3.58 Å². The van der Waals surface area contributed by atoms with Crippen LogP contribution in [0.25, 0.3) is 5.57 Å². The van der Waals surface area contributed by atoms with Crippen molar-refractivity contribution in [2.75, 3.05) is 0 Å². The Hall–Kier alpha value is -4.51. The van der Waals surface area contributed by atoms with Gasteiger partial charge in [-0.25, -0.2) is 22.0 Å². The van der Waals surface area contributed by atoms with Gasteiger partial charge in [-0.2, -0.15) is 0 Å². The highest BCUT2D eigenvalue weighted by Crippen LogP contribution is 2.35. The number of allylic oxidation sites excluding steroid dienone is 6. The molecule has 3 nitrogen and oxygen atoms in total. The summed E-state index contributed by atoms with van der Waals surface area (Å²) in [5, 5.41) is 0. The molecule has 0 saturated heterocycles. The summed E-state index contributed by atoms with van der Waals surface area (Å²) in [6.45, 7) is 5.94. The highest BCUT2D eigenvalue weighted by atomic mass is 127. The number of ketones is 3. The number of hydrogen-bond acceptors (Lipinski definition) is 3. The molecule has 0 N–H and O–H groups in total. The maximum atomic E-state index is 13.5. The molecule has 0 fully saturated rings. The van der Waals surface area contributed by atoms with Gasteiger partial charge in [0.15, 0.2) is 17.3 Å². The van der Waals surface area contributed by atoms with Crippen LogP contribution in [0.15, 0.2) is 99.2 Å². The first kappa shape index (κ1) is 37.7. The second-order valence-corrected chi connectivity index (χ2v) is 13.5. The molecule has 51 heavy (non-hydrogen) atoms. The smallest absolute Gasteiger partial charge is 0.199 e. The molecule has 0 saturated carbocycles. The average molecular weight is 809 g/mol. The van der Waals surface area contributed by atoms with E-state index in [-0.39, 0.29) is 45.7 Å². The summed E-state index contributed by atoms with van der Waals surface area (Å²) in [6.07, 6.45) is 5.99. The molecule has 0 unspecified atom stereocenters. The third-order valence-electron chi connectivity index (χ3n) is 9.08. The standard InChI is InChI=1S/C18H13F3O.C12H10FIO.C12H11FO/c1-2-10-5-11-3-4-13(19)9-16(11)18(22)17(10)12-6-14(20)8-15(21)7-12;1-2-7-5-8-3-4-9(13)6-10(8)12(15)11(7)14;1-2-8-5-9-3-4-10(13)7-11(9)12(14)6-8/h3-4,6-9H,2,5H2,1H3;3-4,6H,2,5H2,1H3;3-4,6-7H,2,5H2,1H3. The Labute approximate surface area is 307 Å². The minimum atomic E-state index is -0.740. The molecular weight excluding hydrogens is 774 g/mol. The van der Waals surface area contributed by atoms with Gasteiger partial charge in [0.1, 0.15) is 29.1 Å². The Morgan fingerprint density at radius 2 is 1.00 bits per heavy atom. The van der Waals surface area contributed by atoms with E-state index in [9.17, 15) is 36.3 Å². The maximum Gasteiger partial charge on any atom is 0.199 e. The minimum Gasteiger partial charge on any atom is -0.289 e. The SMILES string of the molecule is CCC1=C(I)C(=O)c2cc(F)ccc2C1.CCC1=C(c2cc(F)cc(F)c2)C(=O)c2cc(F)ccc2C1.CCC1=CC(=O)c2cc(F)ccc2C1. The van der Waals surface area contributed by atoms with Gasteiger partial charge < -0.3 is 0 Å². The van der Waals surface area contributed by atoms with Crippen molar-refractivity contribution < 1.29 is 36.3 Å². The van der Waals surface area contributed by atoms with Crippen molar-refractivity contribution in [1.29, 1.82) is 0 Å². The average Bonchev–Trinajstić information content (AvgIpc) is 3.10. The third kappa shape index (κ3) is 8.52. The molecule has 9 heteroatoms. The van der Waals surface area contributed by atoms with Gasteiger partial charge in [0, 0.05) is 28.3 Å². The number of halogens is 6. The molecular formula is C42H34F5IO3. The van der Waals surface area contributed by atoms with Crippen LogP contribution in [0.3, 0.4) is 0 Å². The Kier molecular flexibility index (Phi) is 12.0. The lowest BCUT2D eigenvalue weighted by atomic mass is 9.81. The zero-order valence-electron chi connectivity index (χ0n) is 28.2. The highest BCUT2D eigenvalue weighted by molar-refractivity contribution is 14.1. The number of Topliss-reactive ketones (excluding diaryl/α,β-unsaturated/α-hetero) is 2. The molecule has 0 heterocycles. The molecule has 0 spiro atoms. The van der Waals surface area contributed by atoms with Crippen LogP contribution in [0.1, 0.15) is 93.4 Å². The molecule has 4 aromatic rings. The first-order valence-corrected chi connectivity index (χ1v) is 17.7. The van der Waals surface area contributed by atoms with Crippen molar-refractivity contribution in [2.45, 2.75) is 59.3 Å². The van der Waals surface area contributed by atoms with Crippen molar-refractivity contribution in [2.24, 2.45) is 0 Å². The predicted octanol–water partition coefficient (Wildman–Crippen LogP) is 11.3. The fourth-order valence-corrected chi connectivity index (χ4v) is 7.22. The Balaban J connectivity index is 0.000000154. The van der Waals surface area contributed by atoms with Crippen molar-refractivity contribution in [1.82, 2.24) is 0 Å². The maximum absolute atomic E-state index is 13.5. The van der Waals surface area contributed by atoms with Crippen LogP contribution >= 0.6 is 22.6 Å². The second-order valence-electron chi connectivity index (χ2n) is 12.4. The molecule has 0 aromatic heterocycles. The summed E-state index contributed by atoms with van der Waals surface area (Å²) in [4.78, 5) is 36.2. The molecule has 3 aliphatic carbocycles. The summed E-state index contributed by atoms with van der Waals surface area (Å²) in [5.74, 6) is -3.15. The van der Waals surface area contributed by atoms with E-state index in [0.717, 1.165) is 80.9 Å². The molecule has 4 aromatic carbocycles. The topological polar surface area (TPSA) is 51.2 Å². The van der Waals surface area contributed by atoms with Crippen molar-refractivity contribution in [3.8, 4) is 0 Å². The van der Waals surface area contributed by atoms with Crippen LogP contribution in [0.2, 0.25) is 0 Å². The number of rotatable bonds is 4. The summed E-state index contributed by atoms with van der Waals surface area (Å²) in [6, 6.07) is 16.0. The lowest BCUT2D eigenvalue weighted by Crippen LogP contribution is -2.16. The number of carbonyl (C=O) groups is 3. The fourth-order valence-electron chi connectivity index (χ4n) is 6.36. The van der Waals surface area contributed by atoms with Crippen LogP contribution < -0.4 is 0 Å². The number of benzene rings is 4. The van der Waals surface area contributed by atoms with E-state index in [1.54, 1.807) is 24.3 Å². The predicted molar refractivity (Wildman–Crippen MR) is 197 cm³/mol. The quantitative estimate of drug-likeness (QED) is 0.152. The zero-order chi connectivity index (χ0) is 37.0.